The Bertz CT molecular complexity index is 753. The summed E-state index contributed by atoms with van der Waals surface area (Å²) in [5.74, 6) is 1.68. The van der Waals surface area contributed by atoms with E-state index in [2.05, 4.69) is 34.6 Å². The highest BCUT2D eigenvalue weighted by atomic mass is 16.5. The molecule has 0 radical (unpaired) electrons. The second-order valence-electron chi connectivity index (χ2n) is 7.50. The lowest BCUT2D eigenvalue weighted by molar-refractivity contribution is -0.115. The Labute approximate surface area is 168 Å². The van der Waals surface area contributed by atoms with Crippen molar-refractivity contribution in [3.63, 3.8) is 0 Å². The molecule has 0 aliphatic carbocycles. The minimum Gasteiger partial charge on any atom is -0.496 e. The van der Waals surface area contributed by atoms with Crippen LogP contribution in [0.5, 0.6) is 5.75 Å². The first-order chi connectivity index (χ1) is 13.7. The maximum Gasteiger partial charge on any atom is 0.238 e. The van der Waals surface area contributed by atoms with Gasteiger partial charge >= 0.3 is 0 Å². The first-order valence-corrected chi connectivity index (χ1v) is 10.1. The zero-order chi connectivity index (χ0) is 19.8. The van der Waals surface area contributed by atoms with E-state index in [9.17, 15) is 4.79 Å². The number of methoxy groups -OCH3 is 1. The molecule has 2 aromatic carbocycles. The lowest BCUT2D eigenvalue weighted by atomic mass is 9.99. The van der Waals surface area contributed by atoms with Crippen molar-refractivity contribution in [2.24, 2.45) is 5.92 Å². The number of anilines is 2. The number of rotatable bonds is 8. The van der Waals surface area contributed by atoms with Gasteiger partial charge in [-0.1, -0.05) is 25.1 Å². The van der Waals surface area contributed by atoms with Crippen molar-refractivity contribution in [3.05, 3.63) is 54.1 Å². The van der Waals surface area contributed by atoms with Crippen molar-refractivity contribution >= 4 is 17.3 Å². The van der Waals surface area contributed by atoms with Gasteiger partial charge in [0.15, 0.2) is 0 Å². The SMILES string of the molecule is COc1ccccc1CCNCC(=O)Nc1ccc(N2CCC(C)CC2)cc1. The Morgan fingerprint density at radius 3 is 2.54 bits per heavy atom. The van der Waals surface area contributed by atoms with Gasteiger partial charge in [-0.05, 0) is 67.6 Å². The Balaban J connectivity index is 1.40. The van der Waals surface area contributed by atoms with Crippen LogP contribution in [0.4, 0.5) is 11.4 Å². The molecule has 1 amide bonds. The zero-order valence-electron chi connectivity index (χ0n) is 16.9. The van der Waals surface area contributed by atoms with E-state index in [1.165, 1.54) is 18.5 Å². The average Bonchev–Trinajstić information content (AvgIpc) is 2.73. The third-order valence-corrected chi connectivity index (χ3v) is 5.35. The van der Waals surface area contributed by atoms with E-state index >= 15 is 0 Å². The minimum atomic E-state index is -0.0282. The molecule has 5 nitrogen and oxygen atoms in total. The number of carbonyl (C=O) groups excluding carboxylic acids is 1. The number of piperidine rings is 1. The van der Waals surface area contributed by atoms with E-state index in [-0.39, 0.29) is 5.91 Å². The van der Waals surface area contributed by atoms with Crippen LogP contribution in [0.2, 0.25) is 0 Å². The van der Waals surface area contributed by atoms with Crippen LogP contribution in [-0.2, 0) is 11.2 Å². The number of nitrogens with one attached hydrogen (secondary N) is 2. The second-order valence-corrected chi connectivity index (χ2v) is 7.50. The molecule has 150 valence electrons. The fourth-order valence-corrected chi connectivity index (χ4v) is 3.56. The fourth-order valence-electron chi connectivity index (χ4n) is 3.56. The molecule has 1 saturated heterocycles. The number of carbonyl (C=O) groups is 1. The summed E-state index contributed by atoms with van der Waals surface area (Å²) in [6, 6.07) is 16.1. The van der Waals surface area contributed by atoms with Gasteiger partial charge in [-0.2, -0.15) is 0 Å². The molecule has 1 heterocycles. The van der Waals surface area contributed by atoms with Gasteiger partial charge in [-0.25, -0.2) is 0 Å². The predicted molar refractivity (Wildman–Crippen MR) is 115 cm³/mol. The summed E-state index contributed by atoms with van der Waals surface area (Å²) in [5.41, 5.74) is 3.21. The van der Waals surface area contributed by atoms with Gasteiger partial charge in [0.25, 0.3) is 0 Å². The molecule has 0 atom stereocenters. The van der Waals surface area contributed by atoms with Gasteiger partial charge in [0, 0.05) is 24.5 Å². The van der Waals surface area contributed by atoms with Crippen LogP contribution in [0, 0.1) is 5.92 Å². The summed E-state index contributed by atoms with van der Waals surface area (Å²) >= 11 is 0. The number of nitrogens with zero attached hydrogens (tertiary/aromatic N) is 1. The Hall–Kier alpha value is -2.53. The quantitative estimate of drug-likeness (QED) is 0.685. The van der Waals surface area contributed by atoms with E-state index in [1.54, 1.807) is 7.11 Å². The van der Waals surface area contributed by atoms with Gasteiger partial charge in [-0.15, -0.1) is 0 Å². The molecule has 5 heteroatoms. The standard InChI is InChI=1S/C23H31N3O2/c1-18-12-15-26(16-13-18)21-9-7-20(8-10-21)25-23(27)17-24-14-11-19-5-3-4-6-22(19)28-2/h3-10,18,24H,11-17H2,1-2H3,(H,25,27). The van der Waals surface area contributed by atoms with E-state index in [0.29, 0.717) is 6.54 Å². The van der Waals surface area contributed by atoms with Gasteiger partial charge in [0.05, 0.1) is 13.7 Å². The largest absolute Gasteiger partial charge is 0.496 e. The first-order valence-electron chi connectivity index (χ1n) is 10.1. The van der Waals surface area contributed by atoms with Crippen molar-refractivity contribution in [1.29, 1.82) is 0 Å². The summed E-state index contributed by atoms with van der Waals surface area (Å²) in [6.07, 6.45) is 3.32. The number of hydrogen-bond acceptors (Lipinski definition) is 4. The highest BCUT2D eigenvalue weighted by Gasteiger charge is 2.15. The molecule has 0 aromatic heterocycles. The molecule has 28 heavy (non-hydrogen) atoms. The van der Waals surface area contributed by atoms with Crippen LogP contribution in [0.3, 0.4) is 0 Å². The number of hydrogen-bond donors (Lipinski definition) is 2. The van der Waals surface area contributed by atoms with Crippen molar-refractivity contribution in [1.82, 2.24) is 5.32 Å². The average molecular weight is 382 g/mol. The number of ether oxygens (including phenoxy) is 1. The van der Waals surface area contributed by atoms with Crippen LogP contribution < -0.4 is 20.3 Å². The lowest BCUT2D eigenvalue weighted by Gasteiger charge is -2.32. The second kappa shape index (κ2) is 10.1. The van der Waals surface area contributed by atoms with Gasteiger partial charge in [0.1, 0.15) is 5.75 Å². The third kappa shape index (κ3) is 5.73. The molecule has 0 spiro atoms. The van der Waals surface area contributed by atoms with Crippen LogP contribution in [0.25, 0.3) is 0 Å². The molecule has 3 rings (SSSR count). The van der Waals surface area contributed by atoms with Crippen molar-refractivity contribution in [2.75, 3.05) is 43.5 Å². The fraction of sp³-hybridized carbons (Fsp3) is 0.435. The van der Waals surface area contributed by atoms with Gasteiger partial charge in [0.2, 0.25) is 5.91 Å². The van der Waals surface area contributed by atoms with E-state index in [1.807, 2.05) is 36.4 Å². The molecule has 0 bridgehead atoms. The van der Waals surface area contributed by atoms with Crippen molar-refractivity contribution in [2.45, 2.75) is 26.2 Å². The van der Waals surface area contributed by atoms with Gasteiger partial charge in [-0.3, -0.25) is 4.79 Å². The Morgan fingerprint density at radius 2 is 1.82 bits per heavy atom. The number of benzene rings is 2. The molecule has 0 unspecified atom stereocenters. The van der Waals surface area contributed by atoms with Crippen LogP contribution in [-0.4, -0.2) is 39.2 Å². The molecule has 2 N–H and O–H groups in total. The Kier molecular flexibility index (Phi) is 7.31. The highest BCUT2D eigenvalue weighted by Crippen LogP contribution is 2.24. The molecule has 0 saturated carbocycles. The number of amides is 1. The van der Waals surface area contributed by atoms with E-state index in [0.717, 1.165) is 49.0 Å². The molecule has 2 aromatic rings. The molecular formula is C23H31N3O2. The monoisotopic (exact) mass is 381 g/mol. The zero-order valence-corrected chi connectivity index (χ0v) is 16.9. The predicted octanol–water partition coefficient (Wildman–Crippen LogP) is 3.70. The van der Waals surface area contributed by atoms with Crippen LogP contribution in [0.1, 0.15) is 25.3 Å². The first kappa shape index (κ1) is 20.2. The highest BCUT2D eigenvalue weighted by molar-refractivity contribution is 5.92. The molecule has 1 aliphatic heterocycles. The normalized spacial score (nSPS) is 14.7. The molecule has 1 aliphatic rings. The summed E-state index contributed by atoms with van der Waals surface area (Å²) in [7, 11) is 1.68. The number of para-hydroxylation sites is 1. The summed E-state index contributed by atoms with van der Waals surface area (Å²) in [6.45, 7) is 5.56. The minimum absolute atomic E-state index is 0.0282. The lowest BCUT2D eigenvalue weighted by Crippen LogP contribution is -2.32. The Morgan fingerprint density at radius 1 is 1.11 bits per heavy atom. The van der Waals surface area contributed by atoms with Crippen LogP contribution in [0.15, 0.2) is 48.5 Å². The van der Waals surface area contributed by atoms with E-state index < -0.39 is 0 Å². The van der Waals surface area contributed by atoms with Crippen molar-refractivity contribution in [3.8, 4) is 5.75 Å². The maximum atomic E-state index is 12.2. The summed E-state index contributed by atoms with van der Waals surface area (Å²) in [5, 5.41) is 6.15. The smallest absolute Gasteiger partial charge is 0.238 e. The molecular weight excluding hydrogens is 350 g/mol. The van der Waals surface area contributed by atoms with Crippen molar-refractivity contribution < 1.29 is 9.53 Å². The summed E-state index contributed by atoms with van der Waals surface area (Å²) in [4.78, 5) is 14.6. The third-order valence-electron chi connectivity index (χ3n) is 5.35. The van der Waals surface area contributed by atoms with E-state index in [4.69, 9.17) is 4.74 Å². The van der Waals surface area contributed by atoms with Crippen LogP contribution >= 0.6 is 0 Å². The van der Waals surface area contributed by atoms with Gasteiger partial charge < -0.3 is 20.3 Å². The topological polar surface area (TPSA) is 53.6 Å². The maximum absolute atomic E-state index is 12.2. The summed E-state index contributed by atoms with van der Waals surface area (Å²) < 4.78 is 5.35. The molecule has 1 fully saturated rings.